The van der Waals surface area contributed by atoms with Crippen LogP contribution in [0.3, 0.4) is 0 Å². The molecule has 1 fully saturated rings. The molecule has 0 saturated heterocycles. The van der Waals surface area contributed by atoms with Gasteiger partial charge in [0.25, 0.3) is 0 Å². The Bertz CT molecular complexity index is 1050. The lowest BCUT2D eigenvalue weighted by Gasteiger charge is -2.12. The Hall–Kier alpha value is -1.89. The molecule has 2 aliphatic rings. The Labute approximate surface area is 161 Å². The van der Waals surface area contributed by atoms with Crippen LogP contribution in [0, 0.1) is 5.41 Å². The van der Waals surface area contributed by atoms with Gasteiger partial charge in [0.2, 0.25) is 10.0 Å². The fourth-order valence-electron chi connectivity index (χ4n) is 3.34. The lowest BCUT2D eigenvalue weighted by atomic mass is 9.95. The van der Waals surface area contributed by atoms with Crippen LogP contribution in [0.5, 0.6) is 5.75 Å². The molecule has 1 spiro atoms. The first-order chi connectivity index (χ1) is 12.3. The summed E-state index contributed by atoms with van der Waals surface area (Å²) < 4.78 is 29.2. The second-order valence-electron chi connectivity index (χ2n) is 6.77. The van der Waals surface area contributed by atoms with Gasteiger partial charge in [0.15, 0.2) is 0 Å². The first-order valence-electron chi connectivity index (χ1n) is 8.25. The summed E-state index contributed by atoms with van der Waals surface area (Å²) in [5.41, 5.74) is 4.52. The van der Waals surface area contributed by atoms with E-state index in [0.29, 0.717) is 0 Å². The van der Waals surface area contributed by atoms with Crippen molar-refractivity contribution in [1.82, 2.24) is 0 Å². The molecule has 2 aliphatic carbocycles. The van der Waals surface area contributed by atoms with Crippen molar-refractivity contribution in [3.8, 4) is 5.75 Å². The van der Waals surface area contributed by atoms with Crippen molar-refractivity contribution >= 4 is 37.1 Å². The van der Waals surface area contributed by atoms with Crippen LogP contribution in [0.15, 0.2) is 64.0 Å². The van der Waals surface area contributed by atoms with Crippen LogP contribution < -0.4 is 9.88 Å². The van der Waals surface area contributed by atoms with E-state index >= 15 is 0 Å². The molecule has 2 N–H and O–H groups in total. The number of rotatable bonds is 4. The van der Waals surface area contributed by atoms with Crippen molar-refractivity contribution in [1.29, 1.82) is 0 Å². The molecule has 1 saturated carbocycles. The largest absolute Gasteiger partial charge is 0.496 e. The molecule has 0 aromatic heterocycles. The van der Waals surface area contributed by atoms with Crippen LogP contribution in [-0.2, 0) is 10.0 Å². The monoisotopic (exact) mass is 431 g/mol. The van der Waals surface area contributed by atoms with Gasteiger partial charge in [0.05, 0.1) is 16.5 Å². The summed E-state index contributed by atoms with van der Waals surface area (Å²) in [6.45, 7) is 0. The van der Waals surface area contributed by atoms with Gasteiger partial charge in [0.1, 0.15) is 5.75 Å². The summed E-state index contributed by atoms with van der Waals surface area (Å²) in [5, 5.41) is 5.20. The molecule has 0 bridgehead atoms. The molecule has 0 amide bonds. The Morgan fingerprint density at radius 1 is 1.00 bits per heavy atom. The topological polar surface area (TPSA) is 69.4 Å². The van der Waals surface area contributed by atoms with E-state index in [-0.39, 0.29) is 10.3 Å². The van der Waals surface area contributed by atoms with E-state index in [0.717, 1.165) is 45.3 Å². The first kappa shape index (κ1) is 17.5. The minimum atomic E-state index is -3.69. The molecule has 4 rings (SSSR count). The Morgan fingerprint density at radius 2 is 1.58 bits per heavy atom. The normalized spacial score (nSPS) is 17.8. The van der Waals surface area contributed by atoms with Crippen LogP contribution in [0.4, 0.5) is 0 Å². The third kappa shape index (κ3) is 3.13. The fourth-order valence-corrected chi connectivity index (χ4v) is 4.40. The maximum absolute atomic E-state index is 11.5. The van der Waals surface area contributed by atoms with Gasteiger partial charge in [-0.1, -0.05) is 30.4 Å². The molecule has 0 aliphatic heterocycles. The summed E-state index contributed by atoms with van der Waals surface area (Å²) in [7, 11) is -2.04. The SMILES string of the molecule is COc1ccc(C2=CC3(C=C2c2ccc(S(N)(=O)=O)cc2)CC3)cc1Br. The molecule has 2 aromatic rings. The van der Waals surface area contributed by atoms with Crippen molar-refractivity contribution in [3.63, 3.8) is 0 Å². The van der Waals surface area contributed by atoms with E-state index in [1.165, 1.54) is 0 Å². The molecule has 0 radical (unpaired) electrons. The van der Waals surface area contributed by atoms with Gasteiger partial charge in [0, 0.05) is 5.41 Å². The first-order valence-corrected chi connectivity index (χ1v) is 10.6. The molecule has 26 heavy (non-hydrogen) atoms. The van der Waals surface area contributed by atoms with Gasteiger partial charge in [-0.2, -0.15) is 0 Å². The molecule has 0 heterocycles. The number of methoxy groups -OCH3 is 1. The van der Waals surface area contributed by atoms with Crippen molar-refractivity contribution in [2.45, 2.75) is 17.7 Å². The Morgan fingerprint density at radius 3 is 2.08 bits per heavy atom. The van der Waals surface area contributed by atoms with Crippen LogP contribution in [0.2, 0.25) is 0 Å². The van der Waals surface area contributed by atoms with Crippen molar-refractivity contribution in [2.75, 3.05) is 7.11 Å². The predicted molar refractivity (Wildman–Crippen MR) is 106 cm³/mol. The Balaban J connectivity index is 1.76. The maximum atomic E-state index is 11.5. The van der Waals surface area contributed by atoms with Gasteiger partial charge in [-0.25, -0.2) is 13.6 Å². The van der Waals surface area contributed by atoms with E-state index < -0.39 is 10.0 Å². The number of allylic oxidation sites excluding steroid dienone is 4. The predicted octanol–water partition coefficient (Wildman–Crippen LogP) is 4.37. The van der Waals surface area contributed by atoms with E-state index in [2.05, 4.69) is 34.1 Å². The minimum absolute atomic E-state index is 0.124. The van der Waals surface area contributed by atoms with Crippen LogP contribution in [0.1, 0.15) is 24.0 Å². The van der Waals surface area contributed by atoms with Crippen molar-refractivity contribution < 1.29 is 13.2 Å². The number of sulfonamides is 1. The lowest BCUT2D eigenvalue weighted by molar-refractivity contribution is 0.412. The zero-order valence-electron chi connectivity index (χ0n) is 14.2. The maximum Gasteiger partial charge on any atom is 0.238 e. The highest BCUT2D eigenvalue weighted by Crippen LogP contribution is 2.57. The third-order valence-electron chi connectivity index (χ3n) is 4.94. The lowest BCUT2D eigenvalue weighted by Crippen LogP contribution is -2.11. The highest BCUT2D eigenvalue weighted by atomic mass is 79.9. The molecule has 6 heteroatoms. The van der Waals surface area contributed by atoms with E-state index in [1.807, 2.05) is 24.3 Å². The van der Waals surface area contributed by atoms with E-state index in [9.17, 15) is 8.42 Å². The highest BCUT2D eigenvalue weighted by Gasteiger charge is 2.43. The molecule has 0 unspecified atom stereocenters. The molecule has 134 valence electrons. The molecule has 4 nitrogen and oxygen atoms in total. The molecular weight excluding hydrogens is 414 g/mol. The van der Waals surface area contributed by atoms with Gasteiger partial charge in [-0.3, -0.25) is 0 Å². The average Bonchev–Trinajstić information content (AvgIpc) is 3.25. The number of benzene rings is 2. The molecule has 0 atom stereocenters. The van der Waals surface area contributed by atoms with Gasteiger partial charge < -0.3 is 4.74 Å². The van der Waals surface area contributed by atoms with Crippen LogP contribution >= 0.6 is 15.9 Å². The average molecular weight is 432 g/mol. The standard InChI is InChI=1S/C20H18BrNO3S/c1-25-19-7-4-14(10-18(19)21)17-12-20(8-9-20)11-16(17)13-2-5-15(6-3-13)26(22,23)24/h2-7,10-12H,8-9H2,1H3,(H2,22,23,24). The third-order valence-corrected chi connectivity index (χ3v) is 6.49. The fraction of sp³-hybridized carbons (Fsp3) is 0.200. The number of halogens is 1. The second-order valence-corrected chi connectivity index (χ2v) is 9.18. The van der Waals surface area contributed by atoms with Gasteiger partial charge in [-0.05, 0) is 75.3 Å². The van der Waals surface area contributed by atoms with Gasteiger partial charge in [-0.15, -0.1) is 0 Å². The summed E-state index contributed by atoms with van der Waals surface area (Å²) in [5.74, 6) is 0.788. The van der Waals surface area contributed by atoms with Crippen molar-refractivity contribution in [2.24, 2.45) is 10.6 Å². The minimum Gasteiger partial charge on any atom is -0.496 e. The smallest absolute Gasteiger partial charge is 0.238 e. The van der Waals surface area contributed by atoms with E-state index in [4.69, 9.17) is 9.88 Å². The molecule has 2 aromatic carbocycles. The summed E-state index contributed by atoms with van der Waals surface area (Å²) in [4.78, 5) is 0.124. The number of nitrogens with two attached hydrogens (primary N) is 1. The zero-order valence-corrected chi connectivity index (χ0v) is 16.6. The summed E-state index contributed by atoms with van der Waals surface area (Å²) in [6, 6.07) is 12.8. The Kier molecular flexibility index (Phi) is 4.10. The number of hydrogen-bond donors (Lipinski definition) is 1. The second kappa shape index (κ2) is 6.08. The van der Waals surface area contributed by atoms with Crippen LogP contribution in [-0.4, -0.2) is 15.5 Å². The summed E-state index contributed by atoms with van der Waals surface area (Å²) in [6.07, 6.45) is 6.91. The highest BCUT2D eigenvalue weighted by molar-refractivity contribution is 9.10. The number of primary sulfonamides is 1. The quantitative estimate of drug-likeness (QED) is 0.781. The van der Waals surface area contributed by atoms with Crippen molar-refractivity contribution in [3.05, 3.63) is 70.2 Å². The number of hydrogen-bond acceptors (Lipinski definition) is 3. The number of ether oxygens (including phenoxy) is 1. The zero-order chi connectivity index (χ0) is 18.5. The van der Waals surface area contributed by atoms with E-state index in [1.54, 1.807) is 19.2 Å². The summed E-state index contributed by atoms with van der Waals surface area (Å²) >= 11 is 3.55. The van der Waals surface area contributed by atoms with Gasteiger partial charge >= 0.3 is 0 Å². The molecular formula is C20H18BrNO3S. The van der Waals surface area contributed by atoms with Crippen LogP contribution in [0.25, 0.3) is 11.1 Å².